The van der Waals surface area contributed by atoms with E-state index in [0.29, 0.717) is 23.0 Å². The summed E-state index contributed by atoms with van der Waals surface area (Å²) in [6.45, 7) is 8.40. The molecule has 0 radical (unpaired) electrons. The summed E-state index contributed by atoms with van der Waals surface area (Å²) in [6, 6.07) is 21.0. The summed E-state index contributed by atoms with van der Waals surface area (Å²) in [6.07, 6.45) is 18.0. The maximum absolute atomic E-state index is 14.7. The minimum absolute atomic E-state index is 0. The molecule has 2 fully saturated rings. The van der Waals surface area contributed by atoms with Gasteiger partial charge in [-0.3, -0.25) is 0 Å². The van der Waals surface area contributed by atoms with Crippen LogP contribution < -0.4 is 0 Å². The van der Waals surface area contributed by atoms with E-state index in [2.05, 4.69) is 13.8 Å². The molecule has 0 aliphatic heterocycles. The van der Waals surface area contributed by atoms with Crippen molar-refractivity contribution in [2.24, 2.45) is 11.8 Å². The van der Waals surface area contributed by atoms with Crippen molar-refractivity contribution in [1.29, 1.82) is 0 Å². The van der Waals surface area contributed by atoms with Gasteiger partial charge in [0.15, 0.2) is 0 Å². The van der Waals surface area contributed by atoms with E-state index in [1.54, 1.807) is 48.5 Å². The third-order valence-corrected chi connectivity index (χ3v) is 11.6. The topological polar surface area (TPSA) is 0 Å². The molecular weight excluding hydrogens is 653 g/mol. The molecule has 0 heterocycles. The van der Waals surface area contributed by atoms with Crippen molar-refractivity contribution in [2.75, 3.05) is 0 Å². The van der Waals surface area contributed by atoms with Crippen LogP contribution >= 0.6 is 0 Å². The van der Waals surface area contributed by atoms with Crippen LogP contribution in [-0.2, 0) is 0 Å². The van der Waals surface area contributed by atoms with Gasteiger partial charge in [0.25, 0.3) is 0 Å². The molecule has 282 valence electrons. The molecule has 0 N–H and O–H groups in total. The Hall–Kier alpha value is -3.40. The molecular formula is C48H62F4. The molecule has 0 saturated heterocycles. The van der Waals surface area contributed by atoms with Crippen molar-refractivity contribution in [3.8, 4) is 22.3 Å². The Morgan fingerprint density at radius 2 is 0.788 bits per heavy atom. The summed E-state index contributed by atoms with van der Waals surface area (Å²) in [5.41, 5.74) is 5.25. The van der Waals surface area contributed by atoms with Crippen molar-refractivity contribution >= 4 is 0 Å². The van der Waals surface area contributed by atoms with E-state index in [1.165, 1.54) is 70.6 Å². The molecule has 0 bridgehead atoms. The van der Waals surface area contributed by atoms with Crippen LogP contribution in [0.3, 0.4) is 0 Å². The fourth-order valence-electron chi connectivity index (χ4n) is 8.39. The fraction of sp³-hybridized carbons (Fsp3) is 0.500. The molecule has 0 unspecified atom stereocenters. The lowest BCUT2D eigenvalue weighted by atomic mass is 9.77. The van der Waals surface area contributed by atoms with Crippen LogP contribution in [0.25, 0.3) is 22.3 Å². The van der Waals surface area contributed by atoms with E-state index in [1.807, 2.05) is 38.1 Å². The smallest absolute Gasteiger partial charge is 0.134 e. The van der Waals surface area contributed by atoms with Crippen LogP contribution in [0.1, 0.15) is 152 Å². The van der Waals surface area contributed by atoms with Gasteiger partial charge in [-0.15, -0.1) is 0 Å². The number of rotatable bonds is 11. The molecule has 4 aromatic rings. The minimum atomic E-state index is -0.438. The van der Waals surface area contributed by atoms with E-state index >= 15 is 0 Å². The lowest BCUT2D eigenvalue weighted by molar-refractivity contribution is 0.302. The molecule has 52 heavy (non-hydrogen) atoms. The van der Waals surface area contributed by atoms with E-state index in [0.717, 1.165) is 59.8 Å². The highest BCUT2D eigenvalue weighted by molar-refractivity contribution is 5.66. The van der Waals surface area contributed by atoms with Crippen molar-refractivity contribution in [3.63, 3.8) is 0 Å². The summed E-state index contributed by atoms with van der Waals surface area (Å²) < 4.78 is 58.7. The second-order valence-corrected chi connectivity index (χ2v) is 15.5. The molecule has 0 amide bonds. The van der Waals surface area contributed by atoms with Crippen LogP contribution in [0.5, 0.6) is 0 Å². The Bertz CT molecular complexity index is 1610. The number of unbranched alkanes of at least 4 members (excludes halogenated alkanes) is 3. The largest absolute Gasteiger partial charge is 0.206 e. The number of benzene rings is 4. The lowest BCUT2D eigenvalue weighted by Crippen LogP contribution is -2.14. The Labute approximate surface area is 312 Å². The first-order chi connectivity index (χ1) is 24.7. The quantitative estimate of drug-likeness (QED) is 0.107. The molecule has 6 rings (SSSR count). The highest BCUT2D eigenvalue weighted by Crippen LogP contribution is 2.41. The van der Waals surface area contributed by atoms with Gasteiger partial charge < -0.3 is 0 Å². The summed E-state index contributed by atoms with van der Waals surface area (Å²) in [7, 11) is 0. The average Bonchev–Trinajstić information content (AvgIpc) is 3.12. The first-order valence-electron chi connectivity index (χ1n) is 19.8. The number of aryl methyl sites for hydroxylation is 2. The zero-order valence-electron chi connectivity index (χ0n) is 31.4. The minimum Gasteiger partial charge on any atom is -0.206 e. The van der Waals surface area contributed by atoms with Gasteiger partial charge >= 0.3 is 0 Å². The molecule has 0 nitrogen and oxygen atoms in total. The van der Waals surface area contributed by atoms with E-state index in [-0.39, 0.29) is 18.6 Å². The fourth-order valence-corrected chi connectivity index (χ4v) is 8.39. The van der Waals surface area contributed by atoms with Gasteiger partial charge in [0.1, 0.15) is 23.3 Å². The van der Waals surface area contributed by atoms with Crippen LogP contribution in [-0.4, -0.2) is 0 Å². The zero-order chi connectivity index (χ0) is 36.3. The predicted octanol–water partition coefficient (Wildman–Crippen LogP) is 15.8. The maximum Gasteiger partial charge on any atom is 0.134 e. The van der Waals surface area contributed by atoms with E-state index in [4.69, 9.17) is 0 Å². The lowest BCUT2D eigenvalue weighted by Gasteiger charge is -2.29. The monoisotopic (exact) mass is 714 g/mol. The molecule has 2 aliphatic carbocycles. The predicted molar refractivity (Wildman–Crippen MR) is 213 cm³/mol. The molecule has 0 atom stereocenters. The third-order valence-electron chi connectivity index (χ3n) is 11.6. The van der Waals surface area contributed by atoms with Gasteiger partial charge in [0.2, 0.25) is 0 Å². The highest BCUT2D eigenvalue weighted by atomic mass is 19.1. The Morgan fingerprint density at radius 3 is 1.12 bits per heavy atom. The first kappa shape index (κ1) is 41.4. The van der Waals surface area contributed by atoms with Gasteiger partial charge in [-0.05, 0) is 135 Å². The standard InChI is InChI=1S/C24H30F2.C23H28F2.CH4/c1-3-4-5-6-18-9-13-19(14-10-18)21-15-22(25)24(23(26)16-21)20-11-7-17(2)8-12-20;1-3-4-5-17-8-12-18(13-9-17)20-14-21(24)23(22(25)15-20)19-10-6-16(2)7-11-19;/h7-8,11-12,15-16,18-19H,3-6,9-10,13-14H2,1-2H3;6-7,10-11,14-15,17-18H,3-5,8-9,12-13H2,1-2H3;1H4. The van der Waals surface area contributed by atoms with Crippen molar-refractivity contribution in [1.82, 2.24) is 0 Å². The maximum atomic E-state index is 14.7. The van der Waals surface area contributed by atoms with Crippen LogP contribution in [0.4, 0.5) is 17.6 Å². The van der Waals surface area contributed by atoms with Gasteiger partial charge in [-0.1, -0.05) is 126 Å². The summed E-state index contributed by atoms with van der Waals surface area (Å²) in [4.78, 5) is 0. The van der Waals surface area contributed by atoms with Crippen LogP contribution in [0.2, 0.25) is 0 Å². The third kappa shape index (κ3) is 11.1. The SMILES string of the molecule is C.CCCCC1CCC(c2cc(F)c(-c3ccc(C)cc3)c(F)c2)CC1.CCCCCC1CCC(c2cc(F)c(-c3ccc(C)cc3)c(F)c2)CC1. The van der Waals surface area contributed by atoms with Crippen molar-refractivity contribution < 1.29 is 17.6 Å². The van der Waals surface area contributed by atoms with E-state index in [9.17, 15) is 17.6 Å². The summed E-state index contributed by atoms with van der Waals surface area (Å²) in [5, 5.41) is 0. The Balaban J connectivity index is 0.000000228. The number of hydrogen-bond donors (Lipinski definition) is 0. The normalized spacial score (nSPS) is 20.1. The second-order valence-electron chi connectivity index (χ2n) is 15.5. The number of hydrogen-bond acceptors (Lipinski definition) is 0. The second kappa shape index (κ2) is 20.2. The van der Waals surface area contributed by atoms with Crippen LogP contribution in [0.15, 0.2) is 72.8 Å². The Morgan fingerprint density at radius 1 is 0.462 bits per heavy atom. The van der Waals surface area contributed by atoms with Crippen LogP contribution in [0, 0.1) is 49.0 Å². The van der Waals surface area contributed by atoms with Gasteiger partial charge in [0.05, 0.1) is 11.1 Å². The molecule has 4 heteroatoms. The highest BCUT2D eigenvalue weighted by Gasteiger charge is 2.26. The summed E-state index contributed by atoms with van der Waals surface area (Å²) >= 11 is 0. The van der Waals surface area contributed by atoms with Crippen molar-refractivity contribution in [2.45, 2.75) is 143 Å². The zero-order valence-corrected chi connectivity index (χ0v) is 31.4. The molecule has 2 aliphatic rings. The first-order valence-corrected chi connectivity index (χ1v) is 19.8. The Kier molecular flexibility index (Phi) is 16.0. The molecule has 0 aromatic heterocycles. The molecule has 2 saturated carbocycles. The van der Waals surface area contributed by atoms with E-state index < -0.39 is 23.3 Å². The summed E-state index contributed by atoms with van der Waals surface area (Å²) in [5.74, 6) is 0.459. The average molecular weight is 715 g/mol. The van der Waals surface area contributed by atoms with Gasteiger partial charge in [-0.25, -0.2) is 17.6 Å². The van der Waals surface area contributed by atoms with Gasteiger partial charge in [0, 0.05) is 0 Å². The number of halogens is 4. The molecule has 0 spiro atoms. The van der Waals surface area contributed by atoms with Gasteiger partial charge in [-0.2, -0.15) is 0 Å². The van der Waals surface area contributed by atoms with Crippen molar-refractivity contribution in [3.05, 3.63) is 118 Å². The molecule has 4 aromatic carbocycles.